The average molecular weight is 332 g/mol. The Morgan fingerprint density at radius 3 is 2.71 bits per heavy atom. The Labute approximate surface area is 141 Å². The number of rotatable bonds is 2. The molecule has 1 amide bonds. The van der Waals surface area contributed by atoms with E-state index < -0.39 is 17.5 Å². The van der Waals surface area contributed by atoms with Crippen LogP contribution in [0.5, 0.6) is 5.75 Å². The van der Waals surface area contributed by atoms with Gasteiger partial charge < -0.3 is 9.47 Å². The molecular formula is C18H21FN2O3. The molecule has 1 atom stereocenters. The van der Waals surface area contributed by atoms with E-state index in [1.54, 1.807) is 11.0 Å². The number of allylic oxidation sites excluding steroid dienone is 1. The smallest absolute Gasteiger partial charge is 0.410 e. The number of amides is 1. The maximum absolute atomic E-state index is 13.7. The first-order valence-corrected chi connectivity index (χ1v) is 7.70. The number of halogens is 1. The third-order valence-electron chi connectivity index (χ3n) is 3.51. The van der Waals surface area contributed by atoms with Crippen LogP contribution < -0.4 is 4.74 Å². The second-order valence-corrected chi connectivity index (χ2v) is 6.56. The molecule has 1 fully saturated rings. The lowest BCUT2D eigenvalue weighted by molar-refractivity contribution is 0.0276. The second-order valence-electron chi connectivity index (χ2n) is 6.56. The van der Waals surface area contributed by atoms with Gasteiger partial charge in [-0.1, -0.05) is 6.08 Å². The molecule has 6 heteroatoms. The van der Waals surface area contributed by atoms with Gasteiger partial charge in [-0.3, -0.25) is 4.90 Å². The Bertz CT molecular complexity index is 701. The summed E-state index contributed by atoms with van der Waals surface area (Å²) >= 11 is 0. The summed E-state index contributed by atoms with van der Waals surface area (Å²) < 4.78 is 24.9. The minimum atomic E-state index is -0.619. The molecule has 5 nitrogen and oxygen atoms in total. The number of carbonyl (C=O) groups is 1. The molecule has 1 aromatic carbocycles. The molecule has 1 saturated heterocycles. The molecule has 0 bridgehead atoms. The summed E-state index contributed by atoms with van der Waals surface area (Å²) in [7, 11) is 0. The minimum absolute atomic E-state index is 0.0459. The van der Waals surface area contributed by atoms with E-state index in [4.69, 9.17) is 16.0 Å². The zero-order valence-corrected chi connectivity index (χ0v) is 14.3. The van der Waals surface area contributed by atoms with Gasteiger partial charge in [0.1, 0.15) is 23.3 Å². The van der Waals surface area contributed by atoms with E-state index in [2.05, 4.69) is 4.85 Å². The summed E-state index contributed by atoms with van der Waals surface area (Å²) in [5.74, 6) is -0.290. The van der Waals surface area contributed by atoms with Crippen molar-refractivity contribution in [2.45, 2.75) is 39.4 Å². The number of ether oxygens (including phenoxy) is 2. The van der Waals surface area contributed by atoms with Crippen LogP contribution in [0.2, 0.25) is 0 Å². The molecule has 1 heterocycles. The van der Waals surface area contributed by atoms with Crippen LogP contribution >= 0.6 is 0 Å². The predicted molar refractivity (Wildman–Crippen MR) is 88.6 cm³/mol. The average Bonchev–Trinajstić information content (AvgIpc) is 2.89. The summed E-state index contributed by atoms with van der Waals surface area (Å²) in [5, 5.41) is 0. The number of likely N-dealkylation sites (tertiary alicyclic amines) is 1. The van der Waals surface area contributed by atoms with Crippen LogP contribution in [0.15, 0.2) is 29.8 Å². The zero-order valence-electron chi connectivity index (χ0n) is 14.3. The SMILES string of the molecule is [C-]#[N+]c1ccc(O[C@H]2CN(C(=O)OC(C)(C)C)C/C2=C\C)cc1F. The van der Waals surface area contributed by atoms with Crippen molar-refractivity contribution >= 4 is 11.8 Å². The van der Waals surface area contributed by atoms with Gasteiger partial charge in [-0.25, -0.2) is 14.0 Å². The van der Waals surface area contributed by atoms with Crippen LogP contribution in [0.3, 0.4) is 0 Å². The van der Waals surface area contributed by atoms with Gasteiger partial charge in [0, 0.05) is 12.6 Å². The lowest BCUT2D eigenvalue weighted by atomic mass is 10.2. The lowest BCUT2D eigenvalue weighted by Gasteiger charge is -2.24. The van der Waals surface area contributed by atoms with Crippen molar-refractivity contribution in [3.8, 4) is 5.75 Å². The molecule has 0 saturated carbocycles. The van der Waals surface area contributed by atoms with Crippen LogP contribution in [0, 0.1) is 12.4 Å². The van der Waals surface area contributed by atoms with Crippen LogP contribution in [-0.4, -0.2) is 35.8 Å². The lowest BCUT2D eigenvalue weighted by Crippen LogP contribution is -2.36. The van der Waals surface area contributed by atoms with Crippen molar-refractivity contribution in [3.63, 3.8) is 0 Å². The zero-order chi connectivity index (χ0) is 17.9. The van der Waals surface area contributed by atoms with Crippen molar-refractivity contribution in [3.05, 3.63) is 47.1 Å². The number of nitrogens with zero attached hydrogens (tertiary/aromatic N) is 2. The summed E-state index contributed by atoms with van der Waals surface area (Å²) in [6, 6.07) is 4.13. The van der Waals surface area contributed by atoms with E-state index in [0.29, 0.717) is 18.8 Å². The van der Waals surface area contributed by atoms with Crippen molar-refractivity contribution in [2.24, 2.45) is 0 Å². The number of hydrogen-bond donors (Lipinski definition) is 0. The normalized spacial score (nSPS) is 19.2. The van der Waals surface area contributed by atoms with Crippen molar-refractivity contribution in [2.75, 3.05) is 13.1 Å². The van der Waals surface area contributed by atoms with Gasteiger partial charge in [0.25, 0.3) is 0 Å². The van der Waals surface area contributed by atoms with Crippen LogP contribution in [0.25, 0.3) is 4.85 Å². The van der Waals surface area contributed by atoms with Gasteiger partial charge >= 0.3 is 6.09 Å². The first-order chi connectivity index (χ1) is 11.2. The molecule has 1 aliphatic rings. The molecule has 1 aromatic rings. The number of benzene rings is 1. The summed E-state index contributed by atoms with van der Waals surface area (Å²) in [5.41, 5.74) is 0.316. The minimum Gasteiger partial charge on any atom is -0.484 e. The maximum Gasteiger partial charge on any atom is 0.410 e. The van der Waals surface area contributed by atoms with Crippen molar-refractivity contribution < 1.29 is 18.7 Å². The van der Waals surface area contributed by atoms with E-state index in [9.17, 15) is 9.18 Å². The van der Waals surface area contributed by atoms with E-state index in [1.165, 1.54) is 12.1 Å². The molecule has 24 heavy (non-hydrogen) atoms. The molecule has 0 aromatic heterocycles. The largest absolute Gasteiger partial charge is 0.484 e. The molecule has 1 aliphatic heterocycles. The van der Waals surface area contributed by atoms with Crippen LogP contribution in [0.4, 0.5) is 14.9 Å². The highest BCUT2D eigenvalue weighted by atomic mass is 19.1. The first-order valence-electron chi connectivity index (χ1n) is 7.70. The monoisotopic (exact) mass is 332 g/mol. The highest BCUT2D eigenvalue weighted by Gasteiger charge is 2.34. The van der Waals surface area contributed by atoms with Gasteiger partial charge in [-0.15, -0.1) is 0 Å². The Balaban J connectivity index is 2.09. The maximum atomic E-state index is 13.7. The summed E-state index contributed by atoms with van der Waals surface area (Å²) in [6.45, 7) is 14.9. The Hall–Kier alpha value is -2.55. The molecule has 0 spiro atoms. The summed E-state index contributed by atoms with van der Waals surface area (Å²) in [6.07, 6.45) is 1.13. The van der Waals surface area contributed by atoms with Gasteiger partial charge in [-0.2, -0.15) is 0 Å². The van der Waals surface area contributed by atoms with Crippen LogP contribution in [0.1, 0.15) is 27.7 Å². The first kappa shape index (κ1) is 17.8. The quantitative estimate of drug-likeness (QED) is 0.598. The highest BCUT2D eigenvalue weighted by Crippen LogP contribution is 2.27. The standard InChI is InChI=1S/C18H21FN2O3/c1-6-12-10-21(17(22)24-18(2,3)4)11-16(12)23-13-7-8-15(20-5)14(19)9-13/h6-9,16H,10-11H2,1-4H3/b12-6+/t16-/m0/s1. The van der Waals surface area contributed by atoms with Gasteiger partial charge in [0.15, 0.2) is 0 Å². The van der Waals surface area contributed by atoms with Gasteiger partial charge in [-0.05, 0) is 45.4 Å². The van der Waals surface area contributed by atoms with Gasteiger partial charge in [0.2, 0.25) is 5.69 Å². The molecule has 0 unspecified atom stereocenters. The highest BCUT2D eigenvalue weighted by molar-refractivity contribution is 5.69. The van der Waals surface area contributed by atoms with Gasteiger partial charge in [0.05, 0.1) is 13.1 Å². The molecule has 0 radical (unpaired) electrons. The molecule has 0 N–H and O–H groups in total. The fourth-order valence-corrected chi connectivity index (χ4v) is 2.38. The molecule has 128 valence electrons. The summed E-state index contributed by atoms with van der Waals surface area (Å²) in [4.78, 5) is 16.8. The molecule has 0 aliphatic carbocycles. The Morgan fingerprint density at radius 2 is 2.17 bits per heavy atom. The third kappa shape index (κ3) is 4.25. The Kier molecular flexibility index (Phi) is 5.13. The van der Waals surface area contributed by atoms with Crippen molar-refractivity contribution in [1.82, 2.24) is 4.90 Å². The third-order valence-corrected chi connectivity index (χ3v) is 3.51. The number of carbonyl (C=O) groups excluding carboxylic acids is 1. The fourth-order valence-electron chi connectivity index (χ4n) is 2.38. The van der Waals surface area contributed by atoms with E-state index in [-0.39, 0.29) is 11.8 Å². The molecular weight excluding hydrogens is 311 g/mol. The Morgan fingerprint density at radius 1 is 1.46 bits per heavy atom. The predicted octanol–water partition coefficient (Wildman–Crippen LogP) is 4.32. The topological polar surface area (TPSA) is 43.1 Å². The van der Waals surface area contributed by atoms with Crippen molar-refractivity contribution in [1.29, 1.82) is 0 Å². The van der Waals surface area contributed by atoms with E-state index in [0.717, 1.165) is 5.57 Å². The van der Waals surface area contributed by atoms with E-state index >= 15 is 0 Å². The second kappa shape index (κ2) is 6.91. The van der Waals surface area contributed by atoms with E-state index in [1.807, 2.05) is 33.8 Å². The fraction of sp³-hybridized carbons (Fsp3) is 0.444. The number of hydrogen-bond acceptors (Lipinski definition) is 3. The van der Waals surface area contributed by atoms with Crippen LogP contribution in [-0.2, 0) is 4.74 Å². The molecule has 2 rings (SSSR count).